The number of anilines is 3. The summed E-state index contributed by atoms with van der Waals surface area (Å²) in [7, 11) is 4.10. The fourth-order valence-electron chi connectivity index (χ4n) is 2.38. The molecule has 2 heterocycles. The maximum atomic E-state index is 10.6. The van der Waals surface area contributed by atoms with Gasteiger partial charge in [0.25, 0.3) is 0 Å². The molecule has 0 spiro atoms. The van der Waals surface area contributed by atoms with Crippen molar-refractivity contribution in [1.82, 2.24) is 14.9 Å². The summed E-state index contributed by atoms with van der Waals surface area (Å²) in [5.74, 6) is 0.889. The molecule has 1 aliphatic heterocycles. The fraction of sp³-hybridized carbons (Fsp3) is 0.583. The van der Waals surface area contributed by atoms with Crippen molar-refractivity contribution in [2.45, 2.75) is 18.9 Å². The molecule has 104 valence electrons. The number of nitrogens with two attached hydrogens (primary N) is 1. The number of carbonyl (C=O) groups excluding carboxylic acids is 1. The number of nitrogens with zero attached hydrogens (tertiary/aromatic N) is 4. The minimum absolute atomic E-state index is 0.214. The summed E-state index contributed by atoms with van der Waals surface area (Å²) >= 11 is 0. The van der Waals surface area contributed by atoms with Gasteiger partial charge in [0.1, 0.15) is 5.69 Å². The summed E-state index contributed by atoms with van der Waals surface area (Å²) in [4.78, 5) is 23.2. The second kappa shape index (κ2) is 5.83. The van der Waals surface area contributed by atoms with E-state index in [-0.39, 0.29) is 5.95 Å². The number of carbonyl (C=O) groups is 1. The first-order valence-electron chi connectivity index (χ1n) is 6.36. The summed E-state index contributed by atoms with van der Waals surface area (Å²) in [5.41, 5.74) is 6.23. The molecule has 7 heteroatoms. The standard InChI is InChI=1S/C12H20N6O/c1-17-5-3-9(4-6-17)18(2)11-10(15-8-19)7-14-12(13)16-11/h7-9H,3-6H2,1-2H3,(H,15,19)(H2,13,14,16). The molecule has 0 saturated carbocycles. The van der Waals surface area contributed by atoms with Gasteiger partial charge in [0.05, 0.1) is 6.20 Å². The van der Waals surface area contributed by atoms with Crippen molar-refractivity contribution in [3.8, 4) is 0 Å². The third kappa shape index (κ3) is 3.11. The molecular formula is C12H20N6O. The maximum Gasteiger partial charge on any atom is 0.222 e. The number of rotatable bonds is 4. The first-order valence-corrected chi connectivity index (χ1v) is 6.36. The van der Waals surface area contributed by atoms with Gasteiger partial charge in [-0.1, -0.05) is 0 Å². The Balaban J connectivity index is 2.19. The summed E-state index contributed by atoms with van der Waals surface area (Å²) in [6, 6.07) is 0.401. The molecule has 0 atom stereocenters. The lowest BCUT2D eigenvalue weighted by Crippen LogP contribution is -2.42. The van der Waals surface area contributed by atoms with Crippen LogP contribution >= 0.6 is 0 Å². The van der Waals surface area contributed by atoms with E-state index in [1.54, 1.807) is 0 Å². The van der Waals surface area contributed by atoms with Gasteiger partial charge < -0.3 is 20.9 Å². The van der Waals surface area contributed by atoms with Crippen LogP contribution in [0.25, 0.3) is 0 Å². The van der Waals surface area contributed by atoms with Crippen molar-refractivity contribution in [3.05, 3.63) is 6.20 Å². The average Bonchev–Trinajstić information content (AvgIpc) is 2.41. The zero-order valence-corrected chi connectivity index (χ0v) is 11.3. The van der Waals surface area contributed by atoms with E-state index in [1.165, 1.54) is 6.20 Å². The van der Waals surface area contributed by atoms with Crippen molar-refractivity contribution in [1.29, 1.82) is 0 Å². The van der Waals surface area contributed by atoms with Gasteiger partial charge in [-0.15, -0.1) is 0 Å². The number of piperidine rings is 1. The SMILES string of the molecule is CN1CCC(N(C)c2nc(N)ncc2NC=O)CC1. The molecular weight excluding hydrogens is 244 g/mol. The van der Waals surface area contributed by atoms with E-state index in [1.807, 2.05) is 7.05 Å². The maximum absolute atomic E-state index is 10.6. The molecule has 0 bridgehead atoms. The Labute approximate surface area is 112 Å². The Hall–Kier alpha value is -1.89. The molecule has 7 nitrogen and oxygen atoms in total. The van der Waals surface area contributed by atoms with Crippen LogP contribution in [0.4, 0.5) is 17.5 Å². The molecule has 3 N–H and O–H groups in total. The first-order chi connectivity index (χ1) is 9.11. The predicted octanol–water partition coefficient (Wildman–Crippen LogP) is 0.158. The summed E-state index contributed by atoms with van der Waals surface area (Å²) in [5, 5.41) is 2.62. The number of aromatic nitrogens is 2. The van der Waals surface area contributed by atoms with Crippen LogP contribution in [0.1, 0.15) is 12.8 Å². The Morgan fingerprint density at radius 2 is 2.21 bits per heavy atom. The molecule has 1 aliphatic rings. The topological polar surface area (TPSA) is 87.4 Å². The van der Waals surface area contributed by atoms with E-state index in [2.05, 4.69) is 32.1 Å². The summed E-state index contributed by atoms with van der Waals surface area (Å²) in [6.45, 7) is 2.12. The lowest BCUT2D eigenvalue weighted by molar-refractivity contribution is -0.105. The number of hydrogen-bond donors (Lipinski definition) is 2. The second-order valence-electron chi connectivity index (χ2n) is 4.87. The van der Waals surface area contributed by atoms with Crippen molar-refractivity contribution in [2.24, 2.45) is 0 Å². The van der Waals surface area contributed by atoms with Crippen LogP contribution in [-0.2, 0) is 4.79 Å². The van der Waals surface area contributed by atoms with Gasteiger partial charge >= 0.3 is 0 Å². The third-order valence-corrected chi connectivity index (χ3v) is 3.57. The van der Waals surface area contributed by atoms with Crippen LogP contribution < -0.4 is 16.0 Å². The molecule has 0 aliphatic carbocycles. The fourth-order valence-corrected chi connectivity index (χ4v) is 2.38. The molecule has 0 aromatic carbocycles. The largest absolute Gasteiger partial charge is 0.368 e. The Bertz CT molecular complexity index is 444. The smallest absolute Gasteiger partial charge is 0.222 e. The van der Waals surface area contributed by atoms with E-state index >= 15 is 0 Å². The monoisotopic (exact) mass is 264 g/mol. The first kappa shape index (κ1) is 13.5. The molecule has 2 rings (SSSR count). The quantitative estimate of drug-likeness (QED) is 0.753. The highest BCUT2D eigenvalue weighted by atomic mass is 16.1. The number of likely N-dealkylation sites (tertiary alicyclic amines) is 1. The zero-order chi connectivity index (χ0) is 13.8. The van der Waals surface area contributed by atoms with E-state index in [9.17, 15) is 4.79 Å². The van der Waals surface area contributed by atoms with Crippen molar-refractivity contribution < 1.29 is 4.79 Å². The van der Waals surface area contributed by atoms with Crippen LogP contribution in [0, 0.1) is 0 Å². The molecule has 1 amide bonds. The summed E-state index contributed by atoms with van der Waals surface area (Å²) in [6.07, 6.45) is 4.30. The van der Waals surface area contributed by atoms with Gasteiger partial charge in [0.15, 0.2) is 5.82 Å². The zero-order valence-electron chi connectivity index (χ0n) is 11.3. The van der Waals surface area contributed by atoms with Crippen LogP contribution in [0.3, 0.4) is 0 Å². The van der Waals surface area contributed by atoms with Gasteiger partial charge in [-0.3, -0.25) is 4.79 Å². The molecule has 1 aromatic heterocycles. The van der Waals surface area contributed by atoms with Crippen LogP contribution in [0.2, 0.25) is 0 Å². The lowest BCUT2D eigenvalue weighted by Gasteiger charge is -2.36. The van der Waals surface area contributed by atoms with Crippen molar-refractivity contribution in [3.63, 3.8) is 0 Å². The molecule has 0 unspecified atom stereocenters. The highest BCUT2D eigenvalue weighted by molar-refractivity contribution is 5.79. The number of hydrogen-bond acceptors (Lipinski definition) is 6. The van der Waals surface area contributed by atoms with Crippen LogP contribution in [0.15, 0.2) is 6.20 Å². The van der Waals surface area contributed by atoms with Crippen LogP contribution in [-0.4, -0.2) is 54.5 Å². The predicted molar refractivity (Wildman–Crippen MR) is 75.1 cm³/mol. The average molecular weight is 264 g/mol. The van der Waals surface area contributed by atoms with Gasteiger partial charge in [0.2, 0.25) is 12.4 Å². The second-order valence-corrected chi connectivity index (χ2v) is 4.87. The van der Waals surface area contributed by atoms with Crippen molar-refractivity contribution >= 4 is 23.9 Å². The molecule has 1 aromatic rings. The molecule has 19 heavy (non-hydrogen) atoms. The molecule has 1 saturated heterocycles. The highest BCUT2D eigenvalue weighted by Gasteiger charge is 2.23. The number of nitrogen functional groups attached to an aromatic ring is 1. The normalized spacial score (nSPS) is 17.2. The van der Waals surface area contributed by atoms with Gasteiger partial charge in [-0.05, 0) is 33.0 Å². The lowest BCUT2D eigenvalue weighted by atomic mass is 10.0. The van der Waals surface area contributed by atoms with E-state index in [0.717, 1.165) is 25.9 Å². The number of amides is 1. The van der Waals surface area contributed by atoms with Gasteiger partial charge in [0, 0.05) is 13.1 Å². The van der Waals surface area contributed by atoms with Crippen molar-refractivity contribution in [2.75, 3.05) is 43.1 Å². The summed E-state index contributed by atoms with van der Waals surface area (Å²) < 4.78 is 0. The Morgan fingerprint density at radius 1 is 1.53 bits per heavy atom. The third-order valence-electron chi connectivity index (χ3n) is 3.57. The molecule has 0 radical (unpaired) electrons. The highest BCUT2D eigenvalue weighted by Crippen LogP contribution is 2.26. The Kier molecular flexibility index (Phi) is 4.16. The van der Waals surface area contributed by atoms with Gasteiger partial charge in [-0.2, -0.15) is 4.98 Å². The minimum atomic E-state index is 0.214. The van der Waals surface area contributed by atoms with Gasteiger partial charge in [-0.25, -0.2) is 4.98 Å². The van der Waals surface area contributed by atoms with E-state index in [4.69, 9.17) is 5.73 Å². The minimum Gasteiger partial charge on any atom is -0.368 e. The Morgan fingerprint density at radius 3 is 2.84 bits per heavy atom. The molecule has 1 fully saturated rings. The number of nitrogens with one attached hydrogen (secondary N) is 1. The van der Waals surface area contributed by atoms with Crippen LogP contribution in [0.5, 0.6) is 0 Å². The van der Waals surface area contributed by atoms with E-state index in [0.29, 0.717) is 24.0 Å². The van der Waals surface area contributed by atoms with E-state index < -0.39 is 0 Å².